The Hall–Kier alpha value is -1.50. The number of ether oxygens (including phenoxy) is 2. The van der Waals surface area contributed by atoms with Crippen LogP contribution < -0.4 is 9.47 Å². The fourth-order valence-electron chi connectivity index (χ4n) is 4.70. The molecule has 0 amide bonds. The molecular weight excluding hydrogens is 326 g/mol. The van der Waals surface area contributed by atoms with Crippen LogP contribution in [0.2, 0.25) is 0 Å². The zero-order valence-electron chi connectivity index (χ0n) is 13.3. The van der Waals surface area contributed by atoms with Crippen molar-refractivity contribution >= 4 is 0 Å². The van der Waals surface area contributed by atoms with Gasteiger partial charge in [-0.1, -0.05) is 13.0 Å². The maximum atomic E-state index is 14.0. The second-order valence-electron chi connectivity index (χ2n) is 6.97. The predicted molar refractivity (Wildman–Crippen MR) is 78.7 cm³/mol. The number of benzene rings is 1. The van der Waals surface area contributed by atoms with Crippen LogP contribution in [-0.2, 0) is 0 Å². The molecule has 24 heavy (non-hydrogen) atoms. The predicted octanol–water partition coefficient (Wildman–Crippen LogP) is 4.23. The third-order valence-electron chi connectivity index (χ3n) is 5.65. The van der Waals surface area contributed by atoms with Gasteiger partial charge in [0.25, 0.3) is 0 Å². The number of rotatable bonds is 3. The van der Waals surface area contributed by atoms with Crippen LogP contribution in [0.1, 0.15) is 37.8 Å². The Kier molecular flexibility index (Phi) is 3.50. The highest BCUT2D eigenvalue weighted by atomic mass is 19.3. The molecule has 0 spiro atoms. The third kappa shape index (κ3) is 2.28. The Morgan fingerprint density at radius 1 is 1.21 bits per heavy atom. The number of fused-ring (bicyclic) bond motifs is 2. The van der Waals surface area contributed by atoms with Crippen molar-refractivity contribution in [3.63, 3.8) is 0 Å². The Morgan fingerprint density at radius 2 is 1.96 bits per heavy atom. The molecule has 0 N–H and O–H groups in total. The van der Waals surface area contributed by atoms with Crippen molar-refractivity contribution in [1.82, 2.24) is 4.90 Å². The van der Waals surface area contributed by atoms with Crippen molar-refractivity contribution in [1.29, 1.82) is 0 Å². The maximum Gasteiger partial charge on any atom is 0.586 e. The standard InChI is InChI=1S/C17H19F4NO2/c1-2-16-6-11(8-18)15(22(16)9-12(19)7-16)10-3-4-13-14(5-10)24-17(20,21)23-13/h3-5,11-12,15H,2,6-9H2,1H3. The van der Waals surface area contributed by atoms with Crippen molar-refractivity contribution in [3.8, 4) is 11.5 Å². The Balaban J connectivity index is 1.70. The van der Waals surface area contributed by atoms with E-state index in [9.17, 15) is 17.6 Å². The molecule has 4 atom stereocenters. The molecule has 132 valence electrons. The molecule has 0 saturated carbocycles. The molecule has 4 unspecified atom stereocenters. The molecular formula is C17H19F4NO2. The van der Waals surface area contributed by atoms with Crippen molar-refractivity contribution in [2.75, 3.05) is 13.2 Å². The molecule has 0 bridgehead atoms. The second kappa shape index (κ2) is 5.25. The molecule has 3 aliphatic heterocycles. The summed E-state index contributed by atoms with van der Waals surface area (Å²) < 4.78 is 63.0. The van der Waals surface area contributed by atoms with E-state index in [4.69, 9.17) is 0 Å². The molecule has 2 saturated heterocycles. The van der Waals surface area contributed by atoms with Gasteiger partial charge >= 0.3 is 6.29 Å². The van der Waals surface area contributed by atoms with E-state index >= 15 is 0 Å². The molecule has 7 heteroatoms. The normalized spacial score (nSPS) is 37.0. The van der Waals surface area contributed by atoms with E-state index < -0.39 is 19.1 Å². The van der Waals surface area contributed by atoms with Crippen molar-refractivity contribution in [3.05, 3.63) is 23.8 Å². The molecule has 3 nitrogen and oxygen atoms in total. The third-order valence-corrected chi connectivity index (χ3v) is 5.65. The molecule has 0 radical (unpaired) electrons. The highest BCUT2D eigenvalue weighted by Crippen LogP contribution is 2.55. The largest absolute Gasteiger partial charge is 0.586 e. The molecule has 1 aromatic rings. The SMILES string of the molecule is CCC12CC(F)CN1C(c1ccc3c(c1)OC(F)(F)O3)C(CF)C2. The van der Waals surface area contributed by atoms with Gasteiger partial charge in [0.2, 0.25) is 0 Å². The molecule has 3 aliphatic rings. The minimum absolute atomic E-state index is 0.0370. The van der Waals surface area contributed by atoms with E-state index in [2.05, 4.69) is 9.47 Å². The minimum atomic E-state index is -3.68. The van der Waals surface area contributed by atoms with E-state index in [0.717, 1.165) is 6.42 Å². The summed E-state index contributed by atoms with van der Waals surface area (Å²) in [6, 6.07) is 4.20. The van der Waals surface area contributed by atoms with E-state index in [-0.39, 0.29) is 35.5 Å². The number of halogens is 4. The topological polar surface area (TPSA) is 21.7 Å². The molecule has 0 aromatic heterocycles. The van der Waals surface area contributed by atoms with Gasteiger partial charge in [0.05, 0.1) is 6.67 Å². The number of hydrogen-bond donors (Lipinski definition) is 0. The van der Waals surface area contributed by atoms with Gasteiger partial charge < -0.3 is 9.47 Å². The number of nitrogens with zero attached hydrogens (tertiary/aromatic N) is 1. The van der Waals surface area contributed by atoms with Crippen LogP contribution >= 0.6 is 0 Å². The van der Waals surface area contributed by atoms with Crippen LogP contribution in [0.3, 0.4) is 0 Å². The first kappa shape index (κ1) is 16.0. The zero-order chi connectivity index (χ0) is 17.1. The summed E-state index contributed by atoms with van der Waals surface area (Å²) in [6.07, 6.45) is -2.90. The lowest BCUT2D eigenvalue weighted by atomic mass is 9.86. The monoisotopic (exact) mass is 345 g/mol. The maximum absolute atomic E-state index is 14.0. The van der Waals surface area contributed by atoms with E-state index in [1.165, 1.54) is 12.1 Å². The van der Waals surface area contributed by atoms with Crippen LogP contribution in [-0.4, -0.2) is 36.1 Å². The van der Waals surface area contributed by atoms with E-state index in [1.807, 2.05) is 11.8 Å². The minimum Gasteiger partial charge on any atom is -0.395 e. The molecule has 4 rings (SSSR count). The van der Waals surface area contributed by atoms with E-state index in [1.54, 1.807) is 6.07 Å². The van der Waals surface area contributed by atoms with Crippen LogP contribution in [0.15, 0.2) is 18.2 Å². The van der Waals surface area contributed by atoms with Crippen molar-refractivity contribution < 1.29 is 27.0 Å². The molecule has 0 aliphatic carbocycles. The quantitative estimate of drug-likeness (QED) is 0.765. The number of alkyl halides is 4. The average molecular weight is 345 g/mol. The van der Waals surface area contributed by atoms with Crippen LogP contribution in [0.25, 0.3) is 0 Å². The fraction of sp³-hybridized carbons (Fsp3) is 0.647. The summed E-state index contributed by atoms with van der Waals surface area (Å²) in [5, 5.41) is 0. The highest BCUT2D eigenvalue weighted by Gasteiger charge is 2.56. The lowest BCUT2D eigenvalue weighted by Crippen LogP contribution is -2.38. The summed E-state index contributed by atoms with van der Waals surface area (Å²) in [6.45, 7) is 1.72. The van der Waals surface area contributed by atoms with Gasteiger partial charge in [0.1, 0.15) is 6.17 Å². The molecule has 1 aromatic carbocycles. The smallest absolute Gasteiger partial charge is 0.395 e. The van der Waals surface area contributed by atoms with Crippen molar-refractivity contribution in [2.24, 2.45) is 5.92 Å². The van der Waals surface area contributed by atoms with Gasteiger partial charge in [-0.25, -0.2) is 4.39 Å². The van der Waals surface area contributed by atoms with Crippen LogP contribution in [0.4, 0.5) is 17.6 Å². The van der Waals surface area contributed by atoms with Gasteiger partial charge in [-0.15, -0.1) is 8.78 Å². The summed E-state index contributed by atoms with van der Waals surface area (Å²) in [5.74, 6) is -0.372. The summed E-state index contributed by atoms with van der Waals surface area (Å²) in [5.41, 5.74) is 0.323. The fourth-order valence-corrected chi connectivity index (χ4v) is 4.70. The van der Waals surface area contributed by atoms with Crippen LogP contribution in [0, 0.1) is 5.92 Å². The van der Waals surface area contributed by atoms with Crippen LogP contribution in [0.5, 0.6) is 11.5 Å². The first-order valence-corrected chi connectivity index (χ1v) is 8.24. The molecule has 3 heterocycles. The van der Waals surface area contributed by atoms with E-state index in [0.29, 0.717) is 18.4 Å². The summed E-state index contributed by atoms with van der Waals surface area (Å²) in [7, 11) is 0. The van der Waals surface area contributed by atoms with Gasteiger partial charge in [0.15, 0.2) is 11.5 Å². The van der Waals surface area contributed by atoms with Gasteiger partial charge in [0, 0.05) is 24.0 Å². The Labute approximate surface area is 137 Å². The van der Waals surface area contributed by atoms with Gasteiger partial charge in [-0.05, 0) is 37.0 Å². The summed E-state index contributed by atoms with van der Waals surface area (Å²) >= 11 is 0. The Morgan fingerprint density at radius 3 is 2.67 bits per heavy atom. The lowest BCUT2D eigenvalue weighted by molar-refractivity contribution is -0.286. The average Bonchev–Trinajstić information content (AvgIpc) is 3.10. The van der Waals surface area contributed by atoms with Gasteiger partial charge in [-0.3, -0.25) is 9.29 Å². The first-order chi connectivity index (χ1) is 11.4. The lowest BCUT2D eigenvalue weighted by Gasteiger charge is -2.34. The van der Waals surface area contributed by atoms with Gasteiger partial charge in [-0.2, -0.15) is 0 Å². The Bertz CT molecular complexity index is 655. The summed E-state index contributed by atoms with van der Waals surface area (Å²) in [4.78, 5) is 2.03. The first-order valence-electron chi connectivity index (χ1n) is 8.24. The number of hydrogen-bond acceptors (Lipinski definition) is 3. The highest BCUT2D eigenvalue weighted by molar-refractivity contribution is 5.46. The zero-order valence-corrected chi connectivity index (χ0v) is 13.3. The second-order valence-corrected chi connectivity index (χ2v) is 6.97. The molecule has 2 fully saturated rings. The van der Waals surface area contributed by atoms with Crippen molar-refractivity contribution in [2.45, 2.75) is 50.2 Å².